The van der Waals surface area contributed by atoms with Crippen LogP contribution in [0.15, 0.2) is 0 Å². The minimum absolute atomic E-state index is 0.339. The van der Waals surface area contributed by atoms with E-state index in [0.29, 0.717) is 24.3 Å². The van der Waals surface area contributed by atoms with E-state index in [0.717, 1.165) is 32.7 Å². The highest BCUT2D eigenvalue weighted by atomic mass is 16.2. The van der Waals surface area contributed by atoms with Gasteiger partial charge >= 0.3 is 0 Å². The normalized spacial score (nSPS) is 25.9. The molecule has 0 bridgehead atoms. The number of rotatable bonds is 4. The molecule has 4 nitrogen and oxygen atoms in total. The molecule has 0 spiro atoms. The van der Waals surface area contributed by atoms with Crippen LogP contribution in [0.2, 0.25) is 0 Å². The molecule has 2 fully saturated rings. The molecule has 0 radical (unpaired) electrons. The van der Waals surface area contributed by atoms with Gasteiger partial charge in [0.05, 0.1) is 0 Å². The SMILES string of the molecule is CC(C)C1CCCN1CCC(=O)N1CCNCC1. The number of carbonyl (C=O) groups excluding carboxylic acids is 1. The molecule has 2 saturated heterocycles. The van der Waals surface area contributed by atoms with Crippen LogP contribution in [-0.4, -0.2) is 61.0 Å². The van der Waals surface area contributed by atoms with Gasteiger partial charge in [0.1, 0.15) is 0 Å². The summed E-state index contributed by atoms with van der Waals surface area (Å²) in [6.07, 6.45) is 3.30. The molecule has 2 heterocycles. The van der Waals surface area contributed by atoms with Crippen LogP contribution in [0.25, 0.3) is 0 Å². The Morgan fingerprint density at radius 3 is 2.67 bits per heavy atom. The number of carbonyl (C=O) groups is 1. The lowest BCUT2D eigenvalue weighted by atomic mass is 10.0. The average Bonchev–Trinajstić information content (AvgIpc) is 2.85. The fourth-order valence-corrected chi connectivity index (χ4v) is 3.20. The van der Waals surface area contributed by atoms with E-state index in [4.69, 9.17) is 0 Å². The Morgan fingerprint density at radius 1 is 1.28 bits per heavy atom. The molecule has 0 aromatic heterocycles. The summed E-state index contributed by atoms with van der Waals surface area (Å²) < 4.78 is 0. The summed E-state index contributed by atoms with van der Waals surface area (Å²) in [6, 6.07) is 0.695. The van der Waals surface area contributed by atoms with Crippen LogP contribution in [0.1, 0.15) is 33.1 Å². The monoisotopic (exact) mass is 253 g/mol. The van der Waals surface area contributed by atoms with E-state index in [1.54, 1.807) is 0 Å². The van der Waals surface area contributed by atoms with Gasteiger partial charge in [-0.3, -0.25) is 9.69 Å². The molecule has 2 aliphatic rings. The maximum absolute atomic E-state index is 12.1. The smallest absolute Gasteiger partial charge is 0.223 e. The van der Waals surface area contributed by atoms with E-state index in [1.165, 1.54) is 19.4 Å². The van der Waals surface area contributed by atoms with E-state index in [1.807, 2.05) is 4.90 Å². The Balaban J connectivity index is 1.74. The van der Waals surface area contributed by atoms with Gasteiger partial charge in [0, 0.05) is 45.2 Å². The second-order valence-corrected chi connectivity index (χ2v) is 5.87. The summed E-state index contributed by atoms with van der Waals surface area (Å²) in [5.41, 5.74) is 0. The van der Waals surface area contributed by atoms with Crippen molar-refractivity contribution in [1.82, 2.24) is 15.1 Å². The van der Waals surface area contributed by atoms with Crippen LogP contribution in [0.5, 0.6) is 0 Å². The van der Waals surface area contributed by atoms with E-state index in [2.05, 4.69) is 24.1 Å². The first kappa shape index (κ1) is 13.8. The van der Waals surface area contributed by atoms with Gasteiger partial charge in [-0.25, -0.2) is 0 Å². The lowest BCUT2D eigenvalue weighted by Gasteiger charge is -2.30. The van der Waals surface area contributed by atoms with Crippen molar-refractivity contribution in [3.63, 3.8) is 0 Å². The van der Waals surface area contributed by atoms with E-state index in [9.17, 15) is 4.79 Å². The number of amides is 1. The molecule has 104 valence electrons. The quantitative estimate of drug-likeness (QED) is 0.809. The number of nitrogens with one attached hydrogen (secondary N) is 1. The van der Waals surface area contributed by atoms with Crippen LogP contribution >= 0.6 is 0 Å². The number of nitrogens with zero attached hydrogens (tertiary/aromatic N) is 2. The van der Waals surface area contributed by atoms with Crippen molar-refractivity contribution in [2.45, 2.75) is 39.2 Å². The summed E-state index contributed by atoms with van der Waals surface area (Å²) in [5, 5.41) is 3.28. The Bertz CT molecular complexity index is 274. The standard InChI is InChI=1S/C14H27N3O/c1-12(2)13-4-3-8-16(13)9-5-14(18)17-10-6-15-7-11-17/h12-13,15H,3-11H2,1-2H3. The first-order chi connectivity index (χ1) is 8.68. The minimum atomic E-state index is 0.339. The second kappa shape index (κ2) is 6.53. The molecular formula is C14H27N3O. The predicted molar refractivity (Wildman–Crippen MR) is 73.5 cm³/mol. The molecule has 0 aliphatic carbocycles. The third-order valence-corrected chi connectivity index (χ3v) is 4.27. The van der Waals surface area contributed by atoms with Crippen molar-refractivity contribution >= 4 is 5.91 Å². The van der Waals surface area contributed by atoms with Crippen LogP contribution in [0, 0.1) is 5.92 Å². The van der Waals surface area contributed by atoms with Gasteiger partial charge in [-0.2, -0.15) is 0 Å². The lowest BCUT2D eigenvalue weighted by molar-refractivity contribution is -0.132. The highest BCUT2D eigenvalue weighted by Crippen LogP contribution is 2.23. The highest BCUT2D eigenvalue weighted by molar-refractivity contribution is 5.76. The summed E-state index contributed by atoms with van der Waals surface area (Å²) in [6.45, 7) is 10.4. The van der Waals surface area contributed by atoms with Gasteiger partial charge in [0.25, 0.3) is 0 Å². The van der Waals surface area contributed by atoms with Crippen LogP contribution in [0.4, 0.5) is 0 Å². The Kier molecular flexibility index (Phi) is 5.01. The van der Waals surface area contributed by atoms with Gasteiger partial charge < -0.3 is 10.2 Å². The molecule has 1 amide bonds. The Labute approximate surface area is 111 Å². The highest BCUT2D eigenvalue weighted by Gasteiger charge is 2.27. The minimum Gasteiger partial charge on any atom is -0.340 e. The number of piperazine rings is 1. The molecule has 0 aromatic rings. The third-order valence-electron chi connectivity index (χ3n) is 4.27. The van der Waals surface area contributed by atoms with Gasteiger partial charge in [-0.15, -0.1) is 0 Å². The summed E-state index contributed by atoms with van der Waals surface area (Å²) in [5.74, 6) is 1.05. The van der Waals surface area contributed by atoms with Gasteiger partial charge in [-0.1, -0.05) is 13.8 Å². The molecule has 2 aliphatic heterocycles. The Hall–Kier alpha value is -0.610. The van der Waals surface area contributed by atoms with Gasteiger partial charge in [-0.05, 0) is 25.3 Å². The maximum atomic E-state index is 12.1. The first-order valence-corrected chi connectivity index (χ1v) is 7.41. The molecule has 18 heavy (non-hydrogen) atoms. The predicted octanol–water partition coefficient (Wildman–Crippen LogP) is 0.929. The summed E-state index contributed by atoms with van der Waals surface area (Å²) >= 11 is 0. The van der Waals surface area contributed by atoms with E-state index >= 15 is 0 Å². The van der Waals surface area contributed by atoms with Crippen LogP contribution in [0.3, 0.4) is 0 Å². The maximum Gasteiger partial charge on any atom is 0.223 e. The van der Waals surface area contributed by atoms with Gasteiger partial charge in [0.15, 0.2) is 0 Å². The van der Waals surface area contributed by atoms with Crippen molar-refractivity contribution in [2.75, 3.05) is 39.3 Å². The van der Waals surface area contributed by atoms with Crippen LogP contribution in [-0.2, 0) is 4.79 Å². The molecule has 0 saturated carbocycles. The number of hydrogen-bond acceptors (Lipinski definition) is 3. The summed E-state index contributed by atoms with van der Waals surface area (Å²) in [7, 11) is 0. The third kappa shape index (κ3) is 3.45. The molecule has 1 unspecified atom stereocenters. The average molecular weight is 253 g/mol. The second-order valence-electron chi connectivity index (χ2n) is 5.87. The zero-order valence-electron chi connectivity index (χ0n) is 11.8. The van der Waals surface area contributed by atoms with Crippen molar-refractivity contribution in [3.8, 4) is 0 Å². The van der Waals surface area contributed by atoms with Crippen LogP contribution < -0.4 is 5.32 Å². The zero-order chi connectivity index (χ0) is 13.0. The Morgan fingerprint density at radius 2 is 2.00 bits per heavy atom. The molecule has 2 rings (SSSR count). The van der Waals surface area contributed by atoms with Crippen molar-refractivity contribution in [3.05, 3.63) is 0 Å². The largest absolute Gasteiger partial charge is 0.340 e. The zero-order valence-corrected chi connectivity index (χ0v) is 11.8. The summed E-state index contributed by atoms with van der Waals surface area (Å²) in [4.78, 5) is 16.6. The van der Waals surface area contributed by atoms with Crippen molar-refractivity contribution in [2.24, 2.45) is 5.92 Å². The first-order valence-electron chi connectivity index (χ1n) is 7.41. The molecule has 0 aromatic carbocycles. The van der Waals surface area contributed by atoms with E-state index in [-0.39, 0.29) is 0 Å². The van der Waals surface area contributed by atoms with Crippen molar-refractivity contribution < 1.29 is 4.79 Å². The fraction of sp³-hybridized carbons (Fsp3) is 0.929. The van der Waals surface area contributed by atoms with Crippen molar-refractivity contribution in [1.29, 1.82) is 0 Å². The molecule has 1 atom stereocenters. The number of hydrogen-bond donors (Lipinski definition) is 1. The fourth-order valence-electron chi connectivity index (χ4n) is 3.20. The molecular weight excluding hydrogens is 226 g/mol. The number of likely N-dealkylation sites (tertiary alicyclic amines) is 1. The topological polar surface area (TPSA) is 35.6 Å². The lowest BCUT2D eigenvalue weighted by Crippen LogP contribution is -2.47. The molecule has 1 N–H and O–H groups in total. The molecule has 4 heteroatoms. The van der Waals surface area contributed by atoms with Gasteiger partial charge in [0.2, 0.25) is 5.91 Å². The van der Waals surface area contributed by atoms with E-state index < -0.39 is 0 Å².